The molecular formula is C18H20BrClN2O2. The monoisotopic (exact) mass is 410 g/mol. The van der Waals surface area contributed by atoms with E-state index in [0.717, 1.165) is 36.2 Å². The van der Waals surface area contributed by atoms with E-state index in [2.05, 4.69) is 21.2 Å². The van der Waals surface area contributed by atoms with Crippen molar-refractivity contribution in [2.75, 3.05) is 26.2 Å². The van der Waals surface area contributed by atoms with Crippen molar-refractivity contribution in [3.63, 3.8) is 0 Å². The van der Waals surface area contributed by atoms with E-state index < -0.39 is 0 Å². The second kappa shape index (κ2) is 9.06. The van der Waals surface area contributed by atoms with Gasteiger partial charge in [-0.3, -0.25) is 4.79 Å². The van der Waals surface area contributed by atoms with Crippen LogP contribution in [0.3, 0.4) is 0 Å². The summed E-state index contributed by atoms with van der Waals surface area (Å²) in [5.74, 6) is 0.678. The third kappa shape index (κ3) is 4.72. The number of ether oxygens (including phenoxy) is 1. The second-order valence-electron chi connectivity index (χ2n) is 5.45. The van der Waals surface area contributed by atoms with Crippen molar-refractivity contribution in [3.8, 4) is 5.75 Å². The summed E-state index contributed by atoms with van der Waals surface area (Å²) in [6.07, 6.45) is 0. The highest BCUT2D eigenvalue weighted by atomic mass is 79.9. The molecule has 6 heteroatoms. The Kier molecular flexibility index (Phi) is 7.09. The third-order valence-corrected chi connectivity index (χ3v) is 4.36. The van der Waals surface area contributed by atoms with Crippen LogP contribution >= 0.6 is 28.3 Å². The molecule has 2 aromatic carbocycles. The predicted molar refractivity (Wildman–Crippen MR) is 101 cm³/mol. The summed E-state index contributed by atoms with van der Waals surface area (Å²) in [7, 11) is 0. The molecule has 0 radical (unpaired) electrons. The summed E-state index contributed by atoms with van der Waals surface area (Å²) < 4.78 is 6.93. The Morgan fingerprint density at radius 2 is 1.75 bits per heavy atom. The highest BCUT2D eigenvalue weighted by molar-refractivity contribution is 9.10. The lowest BCUT2D eigenvalue weighted by atomic mass is 10.1. The minimum atomic E-state index is 0. The van der Waals surface area contributed by atoms with Gasteiger partial charge in [0.1, 0.15) is 12.4 Å². The molecule has 0 saturated carbocycles. The summed E-state index contributed by atoms with van der Waals surface area (Å²) in [5, 5.41) is 3.26. The second-order valence-corrected chi connectivity index (χ2v) is 6.37. The van der Waals surface area contributed by atoms with Crippen LogP contribution in [0.1, 0.15) is 15.9 Å². The Bertz CT molecular complexity index is 673. The molecule has 4 nitrogen and oxygen atoms in total. The summed E-state index contributed by atoms with van der Waals surface area (Å²) in [6, 6.07) is 15.4. The van der Waals surface area contributed by atoms with Gasteiger partial charge in [0.05, 0.1) is 5.56 Å². The fourth-order valence-corrected chi connectivity index (χ4v) is 2.81. The van der Waals surface area contributed by atoms with Gasteiger partial charge in [0, 0.05) is 30.7 Å². The normalized spacial score (nSPS) is 14.0. The van der Waals surface area contributed by atoms with Crippen LogP contribution in [-0.2, 0) is 6.61 Å². The number of piperazine rings is 1. The molecule has 0 bridgehead atoms. The third-order valence-electron chi connectivity index (χ3n) is 3.83. The molecule has 2 aromatic rings. The first-order valence-corrected chi connectivity index (χ1v) is 8.49. The van der Waals surface area contributed by atoms with Crippen LogP contribution in [0.5, 0.6) is 5.75 Å². The largest absolute Gasteiger partial charge is 0.488 e. The van der Waals surface area contributed by atoms with Crippen molar-refractivity contribution in [3.05, 3.63) is 64.1 Å². The molecule has 1 aliphatic rings. The van der Waals surface area contributed by atoms with Gasteiger partial charge in [0.25, 0.3) is 5.91 Å². The summed E-state index contributed by atoms with van der Waals surface area (Å²) in [4.78, 5) is 14.6. The van der Waals surface area contributed by atoms with E-state index in [0.29, 0.717) is 17.9 Å². The number of amides is 1. The summed E-state index contributed by atoms with van der Waals surface area (Å²) >= 11 is 3.42. The van der Waals surface area contributed by atoms with E-state index in [1.165, 1.54) is 0 Å². The van der Waals surface area contributed by atoms with Crippen LogP contribution in [0.15, 0.2) is 53.0 Å². The first-order chi connectivity index (χ1) is 11.2. The van der Waals surface area contributed by atoms with Crippen LogP contribution < -0.4 is 10.1 Å². The van der Waals surface area contributed by atoms with Gasteiger partial charge < -0.3 is 15.0 Å². The van der Waals surface area contributed by atoms with Crippen molar-refractivity contribution in [2.45, 2.75) is 6.61 Å². The van der Waals surface area contributed by atoms with Crippen molar-refractivity contribution < 1.29 is 9.53 Å². The molecular weight excluding hydrogens is 392 g/mol. The van der Waals surface area contributed by atoms with E-state index in [1.807, 2.05) is 53.4 Å². The fraction of sp³-hybridized carbons (Fsp3) is 0.278. The SMILES string of the molecule is Cl.O=C(c1ccccc1OCc1ccc(Br)cc1)N1CCNCC1. The molecule has 128 valence electrons. The smallest absolute Gasteiger partial charge is 0.257 e. The molecule has 1 N–H and O–H groups in total. The van der Waals surface area contributed by atoms with E-state index >= 15 is 0 Å². The number of carbonyl (C=O) groups excluding carboxylic acids is 1. The minimum Gasteiger partial charge on any atom is -0.488 e. The zero-order chi connectivity index (χ0) is 16.1. The number of nitrogens with zero attached hydrogens (tertiary/aromatic N) is 1. The Morgan fingerprint density at radius 1 is 1.08 bits per heavy atom. The number of rotatable bonds is 4. The van der Waals surface area contributed by atoms with E-state index in [4.69, 9.17) is 4.74 Å². The number of halogens is 2. The Balaban J connectivity index is 0.00000208. The van der Waals surface area contributed by atoms with Gasteiger partial charge >= 0.3 is 0 Å². The number of nitrogens with one attached hydrogen (secondary N) is 1. The number of benzene rings is 2. The molecule has 0 aliphatic carbocycles. The molecule has 1 aliphatic heterocycles. The molecule has 0 aromatic heterocycles. The van der Waals surface area contributed by atoms with Crippen molar-refractivity contribution in [1.29, 1.82) is 0 Å². The molecule has 0 unspecified atom stereocenters. The Labute approximate surface area is 156 Å². The highest BCUT2D eigenvalue weighted by Crippen LogP contribution is 2.22. The zero-order valence-electron chi connectivity index (χ0n) is 13.2. The Morgan fingerprint density at radius 3 is 2.46 bits per heavy atom. The molecule has 1 fully saturated rings. The van der Waals surface area contributed by atoms with Crippen molar-refractivity contribution in [2.24, 2.45) is 0 Å². The Hall–Kier alpha value is -1.56. The predicted octanol–water partition coefficient (Wildman–Crippen LogP) is 3.50. The lowest BCUT2D eigenvalue weighted by molar-refractivity contribution is 0.0731. The van der Waals surface area contributed by atoms with Gasteiger partial charge in [-0.1, -0.05) is 40.2 Å². The van der Waals surface area contributed by atoms with Crippen LogP contribution in [-0.4, -0.2) is 37.0 Å². The zero-order valence-corrected chi connectivity index (χ0v) is 15.6. The summed E-state index contributed by atoms with van der Waals surface area (Å²) in [5.41, 5.74) is 1.70. The molecule has 1 amide bonds. The average molecular weight is 412 g/mol. The van der Waals surface area contributed by atoms with Gasteiger partial charge in [-0.2, -0.15) is 0 Å². The lowest BCUT2D eigenvalue weighted by Gasteiger charge is -2.28. The maximum Gasteiger partial charge on any atom is 0.257 e. The minimum absolute atomic E-state index is 0. The number of carbonyl (C=O) groups is 1. The van der Waals surface area contributed by atoms with E-state index in [9.17, 15) is 4.79 Å². The first-order valence-electron chi connectivity index (χ1n) is 7.70. The quantitative estimate of drug-likeness (QED) is 0.837. The number of hydrogen-bond acceptors (Lipinski definition) is 3. The van der Waals surface area contributed by atoms with Crippen molar-refractivity contribution in [1.82, 2.24) is 10.2 Å². The van der Waals surface area contributed by atoms with Crippen LogP contribution in [0.25, 0.3) is 0 Å². The highest BCUT2D eigenvalue weighted by Gasteiger charge is 2.20. The van der Waals surface area contributed by atoms with Crippen LogP contribution in [0.2, 0.25) is 0 Å². The topological polar surface area (TPSA) is 41.6 Å². The van der Waals surface area contributed by atoms with E-state index in [-0.39, 0.29) is 18.3 Å². The summed E-state index contributed by atoms with van der Waals surface area (Å²) in [6.45, 7) is 3.60. The van der Waals surface area contributed by atoms with Gasteiger partial charge in [-0.15, -0.1) is 12.4 Å². The van der Waals surface area contributed by atoms with E-state index in [1.54, 1.807) is 0 Å². The number of hydrogen-bond donors (Lipinski definition) is 1. The molecule has 24 heavy (non-hydrogen) atoms. The number of para-hydroxylation sites is 1. The average Bonchev–Trinajstić information content (AvgIpc) is 2.62. The molecule has 1 saturated heterocycles. The maximum absolute atomic E-state index is 12.7. The molecule has 0 atom stereocenters. The fourth-order valence-electron chi connectivity index (χ4n) is 2.55. The van der Waals surface area contributed by atoms with Crippen molar-refractivity contribution >= 4 is 34.2 Å². The maximum atomic E-state index is 12.7. The molecule has 3 rings (SSSR count). The van der Waals surface area contributed by atoms with Gasteiger partial charge in [-0.25, -0.2) is 0 Å². The van der Waals surface area contributed by atoms with Gasteiger partial charge in [0.2, 0.25) is 0 Å². The van der Waals surface area contributed by atoms with Gasteiger partial charge in [0.15, 0.2) is 0 Å². The standard InChI is InChI=1S/C18H19BrN2O2.ClH/c19-15-7-5-14(6-8-15)13-23-17-4-2-1-3-16(17)18(22)21-11-9-20-10-12-21;/h1-8,20H,9-13H2;1H. The van der Waals surface area contributed by atoms with Crippen LogP contribution in [0.4, 0.5) is 0 Å². The van der Waals surface area contributed by atoms with Gasteiger partial charge in [-0.05, 0) is 29.8 Å². The first kappa shape index (κ1) is 18.8. The molecule has 1 heterocycles. The lowest BCUT2D eigenvalue weighted by Crippen LogP contribution is -2.46. The molecule has 0 spiro atoms. The van der Waals surface area contributed by atoms with Crippen LogP contribution in [0, 0.1) is 0 Å².